The van der Waals surface area contributed by atoms with E-state index in [0.717, 1.165) is 76.2 Å². The summed E-state index contributed by atoms with van der Waals surface area (Å²) in [6.07, 6.45) is 7.13. The molecule has 0 unspecified atom stereocenters. The summed E-state index contributed by atoms with van der Waals surface area (Å²) in [6, 6.07) is 0. The highest BCUT2D eigenvalue weighted by Crippen LogP contribution is 2.22. The topological polar surface area (TPSA) is 64.5 Å². The molecule has 0 N–H and O–H groups in total. The number of aromatic nitrogens is 4. The first kappa shape index (κ1) is 18.3. The van der Waals surface area contributed by atoms with E-state index in [0.29, 0.717) is 5.02 Å². The van der Waals surface area contributed by atoms with Crippen LogP contribution in [0.25, 0.3) is 0 Å². The SMILES string of the molecule is CN1CCN(c2ncc(CN3CCN(c4ncncc4Cl)CC3)cn2)CC1. The van der Waals surface area contributed by atoms with Crippen LogP contribution in [0.3, 0.4) is 0 Å². The van der Waals surface area contributed by atoms with Crippen molar-refractivity contribution in [1.29, 1.82) is 0 Å². The van der Waals surface area contributed by atoms with Crippen LogP contribution >= 0.6 is 11.6 Å². The summed E-state index contributed by atoms with van der Waals surface area (Å²) in [6.45, 7) is 8.69. The number of rotatable bonds is 4. The summed E-state index contributed by atoms with van der Waals surface area (Å²) in [5.74, 6) is 1.67. The van der Waals surface area contributed by atoms with Crippen molar-refractivity contribution in [3.63, 3.8) is 0 Å². The number of nitrogens with zero attached hydrogens (tertiary/aromatic N) is 8. The zero-order valence-electron chi connectivity index (χ0n) is 15.6. The van der Waals surface area contributed by atoms with Crippen molar-refractivity contribution in [2.45, 2.75) is 6.54 Å². The lowest BCUT2D eigenvalue weighted by Gasteiger charge is -2.35. The Morgan fingerprint density at radius 2 is 1.52 bits per heavy atom. The molecule has 27 heavy (non-hydrogen) atoms. The van der Waals surface area contributed by atoms with Gasteiger partial charge < -0.3 is 14.7 Å². The quantitative estimate of drug-likeness (QED) is 0.768. The first-order valence-electron chi connectivity index (χ1n) is 9.36. The second-order valence-electron chi connectivity index (χ2n) is 7.14. The Morgan fingerprint density at radius 3 is 2.19 bits per heavy atom. The minimum absolute atomic E-state index is 0.610. The number of piperazine rings is 2. The Balaban J connectivity index is 1.30. The van der Waals surface area contributed by atoms with E-state index in [-0.39, 0.29) is 0 Å². The summed E-state index contributed by atoms with van der Waals surface area (Å²) in [5, 5.41) is 0.610. The van der Waals surface area contributed by atoms with Crippen LogP contribution in [0, 0.1) is 0 Å². The summed E-state index contributed by atoms with van der Waals surface area (Å²) in [5.41, 5.74) is 1.15. The first-order chi connectivity index (χ1) is 13.2. The van der Waals surface area contributed by atoms with Gasteiger partial charge in [-0.3, -0.25) is 4.90 Å². The molecule has 0 radical (unpaired) electrons. The number of anilines is 2. The van der Waals surface area contributed by atoms with Crippen LogP contribution < -0.4 is 9.80 Å². The molecule has 9 heteroatoms. The predicted octanol–water partition coefficient (Wildman–Crippen LogP) is 0.994. The van der Waals surface area contributed by atoms with Gasteiger partial charge in [-0.1, -0.05) is 11.6 Å². The van der Waals surface area contributed by atoms with Crippen molar-refractivity contribution in [2.75, 3.05) is 69.2 Å². The molecule has 8 nitrogen and oxygen atoms in total. The molecule has 2 fully saturated rings. The Bertz CT molecular complexity index is 739. The van der Waals surface area contributed by atoms with Gasteiger partial charge in [0.25, 0.3) is 0 Å². The van der Waals surface area contributed by atoms with E-state index in [9.17, 15) is 0 Å². The van der Waals surface area contributed by atoms with Crippen LogP contribution in [0.4, 0.5) is 11.8 Å². The van der Waals surface area contributed by atoms with Gasteiger partial charge in [0, 0.05) is 76.9 Å². The van der Waals surface area contributed by atoms with Crippen molar-refractivity contribution < 1.29 is 0 Å². The Labute approximate surface area is 164 Å². The second kappa shape index (κ2) is 8.33. The number of likely N-dealkylation sites (N-methyl/N-ethyl adjacent to an activating group) is 1. The highest BCUT2D eigenvalue weighted by Gasteiger charge is 2.21. The fourth-order valence-corrected chi connectivity index (χ4v) is 3.74. The fourth-order valence-electron chi connectivity index (χ4n) is 3.51. The van der Waals surface area contributed by atoms with Gasteiger partial charge in [-0.2, -0.15) is 0 Å². The van der Waals surface area contributed by atoms with Gasteiger partial charge in [0.15, 0.2) is 5.82 Å². The fraction of sp³-hybridized carbons (Fsp3) is 0.556. The molecule has 2 aromatic heterocycles. The predicted molar refractivity (Wildman–Crippen MR) is 106 cm³/mol. The van der Waals surface area contributed by atoms with E-state index in [4.69, 9.17) is 11.6 Å². The van der Waals surface area contributed by atoms with Gasteiger partial charge in [-0.15, -0.1) is 0 Å². The lowest BCUT2D eigenvalue weighted by atomic mass is 10.2. The van der Waals surface area contributed by atoms with Crippen LogP contribution in [-0.4, -0.2) is 89.1 Å². The van der Waals surface area contributed by atoms with E-state index in [2.05, 4.69) is 46.6 Å². The van der Waals surface area contributed by atoms with E-state index in [1.807, 2.05) is 12.4 Å². The van der Waals surface area contributed by atoms with Crippen LogP contribution in [0.15, 0.2) is 24.9 Å². The van der Waals surface area contributed by atoms with Crippen molar-refractivity contribution in [3.05, 3.63) is 35.5 Å². The highest BCUT2D eigenvalue weighted by atomic mass is 35.5. The molecule has 2 aliphatic rings. The summed E-state index contributed by atoms with van der Waals surface area (Å²) >= 11 is 6.21. The van der Waals surface area contributed by atoms with Gasteiger partial charge >= 0.3 is 0 Å². The molecule has 0 aromatic carbocycles. The lowest BCUT2D eigenvalue weighted by Crippen LogP contribution is -2.46. The number of halogens is 1. The summed E-state index contributed by atoms with van der Waals surface area (Å²) in [7, 11) is 2.15. The molecule has 144 valence electrons. The molecule has 0 spiro atoms. The standard InChI is InChI=1S/C18H25ClN8/c1-24-2-6-27(7-3-24)18-21-10-15(11-22-18)13-25-4-8-26(9-5-25)17-16(19)12-20-14-23-17/h10-12,14H,2-9,13H2,1H3. The molecule has 4 rings (SSSR count). The summed E-state index contributed by atoms with van der Waals surface area (Å²) in [4.78, 5) is 26.7. The van der Waals surface area contributed by atoms with Crippen molar-refractivity contribution >= 4 is 23.4 Å². The third-order valence-corrected chi connectivity index (χ3v) is 5.47. The average Bonchev–Trinajstić information content (AvgIpc) is 2.70. The van der Waals surface area contributed by atoms with Crippen LogP contribution in [0.1, 0.15) is 5.56 Å². The Morgan fingerprint density at radius 1 is 0.852 bits per heavy atom. The number of hydrogen-bond donors (Lipinski definition) is 0. The van der Waals surface area contributed by atoms with Crippen LogP contribution in [0.5, 0.6) is 0 Å². The molecular formula is C18H25ClN8. The monoisotopic (exact) mass is 388 g/mol. The van der Waals surface area contributed by atoms with Crippen LogP contribution in [0.2, 0.25) is 5.02 Å². The van der Waals surface area contributed by atoms with Gasteiger partial charge in [-0.25, -0.2) is 19.9 Å². The largest absolute Gasteiger partial charge is 0.353 e. The Hall–Kier alpha value is -2.03. The van der Waals surface area contributed by atoms with Crippen molar-refractivity contribution in [3.8, 4) is 0 Å². The summed E-state index contributed by atoms with van der Waals surface area (Å²) < 4.78 is 0. The van der Waals surface area contributed by atoms with E-state index in [1.165, 1.54) is 0 Å². The molecule has 0 amide bonds. The van der Waals surface area contributed by atoms with E-state index < -0.39 is 0 Å². The maximum atomic E-state index is 6.21. The van der Waals surface area contributed by atoms with E-state index >= 15 is 0 Å². The molecule has 2 saturated heterocycles. The van der Waals surface area contributed by atoms with Crippen molar-refractivity contribution in [1.82, 2.24) is 29.7 Å². The van der Waals surface area contributed by atoms with Gasteiger partial charge in [0.2, 0.25) is 5.95 Å². The molecular weight excluding hydrogens is 364 g/mol. The average molecular weight is 389 g/mol. The molecule has 0 bridgehead atoms. The minimum atomic E-state index is 0.610. The lowest BCUT2D eigenvalue weighted by molar-refractivity contribution is 0.248. The third-order valence-electron chi connectivity index (χ3n) is 5.20. The second-order valence-corrected chi connectivity index (χ2v) is 7.55. The van der Waals surface area contributed by atoms with E-state index in [1.54, 1.807) is 12.5 Å². The molecule has 4 heterocycles. The maximum absolute atomic E-state index is 6.21. The zero-order valence-corrected chi connectivity index (χ0v) is 16.4. The Kier molecular flexibility index (Phi) is 5.66. The third kappa shape index (κ3) is 4.45. The maximum Gasteiger partial charge on any atom is 0.225 e. The molecule has 2 aromatic rings. The molecule has 0 atom stereocenters. The minimum Gasteiger partial charge on any atom is -0.353 e. The molecule has 0 saturated carbocycles. The highest BCUT2D eigenvalue weighted by molar-refractivity contribution is 6.32. The smallest absolute Gasteiger partial charge is 0.225 e. The molecule has 2 aliphatic heterocycles. The normalized spacial score (nSPS) is 19.5. The van der Waals surface area contributed by atoms with Gasteiger partial charge in [-0.05, 0) is 7.05 Å². The van der Waals surface area contributed by atoms with Crippen molar-refractivity contribution in [2.24, 2.45) is 0 Å². The molecule has 0 aliphatic carbocycles. The number of hydrogen-bond acceptors (Lipinski definition) is 8. The van der Waals surface area contributed by atoms with Gasteiger partial charge in [0.05, 0.1) is 6.20 Å². The van der Waals surface area contributed by atoms with Gasteiger partial charge in [0.1, 0.15) is 11.3 Å². The van der Waals surface area contributed by atoms with Crippen LogP contribution in [-0.2, 0) is 6.54 Å². The first-order valence-corrected chi connectivity index (χ1v) is 9.74. The zero-order chi connectivity index (χ0) is 18.6.